The lowest BCUT2D eigenvalue weighted by molar-refractivity contribution is 0.302. The second kappa shape index (κ2) is 5.97. The van der Waals surface area contributed by atoms with Crippen LogP contribution in [0.25, 0.3) is 0 Å². The predicted octanol–water partition coefficient (Wildman–Crippen LogP) is 4.05. The molecule has 0 aliphatic heterocycles. The van der Waals surface area contributed by atoms with Crippen molar-refractivity contribution in [2.24, 2.45) is 0 Å². The number of methoxy groups -OCH3 is 1. The first-order valence-corrected chi connectivity index (χ1v) is 6.63. The molecule has 0 aliphatic carbocycles. The van der Waals surface area contributed by atoms with Crippen LogP contribution in [0.15, 0.2) is 40.9 Å². The molecular formula is C15H15BrO3. The molecule has 0 atom stereocenters. The van der Waals surface area contributed by atoms with E-state index in [0.29, 0.717) is 12.4 Å². The van der Waals surface area contributed by atoms with Gasteiger partial charge in [-0.15, -0.1) is 0 Å². The van der Waals surface area contributed by atoms with Crippen molar-refractivity contribution in [1.29, 1.82) is 0 Å². The van der Waals surface area contributed by atoms with Crippen LogP contribution in [-0.2, 0) is 6.61 Å². The van der Waals surface area contributed by atoms with E-state index >= 15 is 0 Å². The Morgan fingerprint density at radius 2 is 1.89 bits per heavy atom. The lowest BCUT2D eigenvalue weighted by atomic mass is 10.2. The maximum absolute atomic E-state index is 9.52. The fraction of sp³-hybridized carbons (Fsp3) is 0.200. The second-order valence-electron chi connectivity index (χ2n) is 4.25. The highest BCUT2D eigenvalue weighted by Gasteiger charge is 2.04. The van der Waals surface area contributed by atoms with E-state index in [2.05, 4.69) is 15.9 Å². The van der Waals surface area contributed by atoms with E-state index < -0.39 is 0 Å². The van der Waals surface area contributed by atoms with E-state index in [1.54, 1.807) is 19.2 Å². The van der Waals surface area contributed by atoms with Crippen LogP contribution in [0.2, 0.25) is 0 Å². The largest absolute Gasteiger partial charge is 0.508 e. The van der Waals surface area contributed by atoms with Crippen LogP contribution in [0.5, 0.6) is 17.2 Å². The van der Waals surface area contributed by atoms with Crippen LogP contribution in [-0.4, -0.2) is 12.2 Å². The number of phenols is 1. The molecule has 4 heteroatoms. The van der Waals surface area contributed by atoms with Crippen molar-refractivity contribution in [2.75, 3.05) is 7.11 Å². The summed E-state index contributed by atoms with van der Waals surface area (Å²) in [6, 6.07) is 10.9. The molecule has 2 aromatic rings. The molecule has 100 valence electrons. The molecule has 19 heavy (non-hydrogen) atoms. The number of aromatic hydroxyl groups is 1. The van der Waals surface area contributed by atoms with Gasteiger partial charge in [-0.25, -0.2) is 0 Å². The fourth-order valence-electron chi connectivity index (χ4n) is 1.76. The quantitative estimate of drug-likeness (QED) is 0.922. The van der Waals surface area contributed by atoms with Gasteiger partial charge in [0.1, 0.15) is 23.9 Å². The Balaban J connectivity index is 2.13. The molecule has 2 aromatic carbocycles. The van der Waals surface area contributed by atoms with Crippen molar-refractivity contribution >= 4 is 15.9 Å². The normalized spacial score (nSPS) is 10.3. The Kier molecular flexibility index (Phi) is 4.32. The number of phenolic OH excluding ortho intramolecular Hbond substituents is 1. The molecule has 0 bridgehead atoms. The topological polar surface area (TPSA) is 38.7 Å². The zero-order valence-electron chi connectivity index (χ0n) is 10.8. The van der Waals surface area contributed by atoms with Gasteiger partial charge in [-0.3, -0.25) is 0 Å². The standard InChI is InChI=1S/C15H15BrO3/c1-10-5-12(17)8-14(6-10)19-9-11-7-13(18-2)3-4-15(11)16/h3-8,17H,9H2,1-2H3. The Morgan fingerprint density at radius 1 is 1.11 bits per heavy atom. The summed E-state index contributed by atoms with van der Waals surface area (Å²) in [7, 11) is 1.63. The Bertz CT molecular complexity index is 561. The van der Waals surface area contributed by atoms with E-state index in [-0.39, 0.29) is 5.75 Å². The van der Waals surface area contributed by atoms with Gasteiger partial charge in [-0.1, -0.05) is 15.9 Å². The van der Waals surface area contributed by atoms with Crippen LogP contribution in [0, 0.1) is 6.92 Å². The van der Waals surface area contributed by atoms with E-state index in [1.807, 2.05) is 31.2 Å². The number of rotatable bonds is 4. The summed E-state index contributed by atoms with van der Waals surface area (Å²) >= 11 is 3.48. The van der Waals surface area contributed by atoms with Gasteiger partial charge in [0.05, 0.1) is 7.11 Å². The maximum atomic E-state index is 9.52. The van der Waals surface area contributed by atoms with Gasteiger partial charge in [0, 0.05) is 16.1 Å². The average Bonchev–Trinajstić information content (AvgIpc) is 2.37. The number of hydrogen-bond donors (Lipinski definition) is 1. The molecule has 0 radical (unpaired) electrons. The highest BCUT2D eigenvalue weighted by Crippen LogP contribution is 2.26. The molecule has 0 unspecified atom stereocenters. The summed E-state index contributed by atoms with van der Waals surface area (Å²) in [5.74, 6) is 1.64. The molecule has 0 heterocycles. The summed E-state index contributed by atoms with van der Waals surface area (Å²) in [4.78, 5) is 0. The highest BCUT2D eigenvalue weighted by molar-refractivity contribution is 9.10. The number of ether oxygens (including phenoxy) is 2. The molecule has 3 nitrogen and oxygen atoms in total. The number of aryl methyl sites for hydroxylation is 1. The molecule has 0 spiro atoms. The number of hydrogen-bond acceptors (Lipinski definition) is 3. The van der Waals surface area contributed by atoms with E-state index in [4.69, 9.17) is 9.47 Å². The molecule has 2 rings (SSSR count). The first kappa shape index (κ1) is 13.7. The molecule has 0 saturated heterocycles. The summed E-state index contributed by atoms with van der Waals surface area (Å²) in [6.07, 6.45) is 0. The average molecular weight is 323 g/mol. The molecule has 0 aliphatic rings. The molecule has 0 amide bonds. The molecule has 0 saturated carbocycles. The molecular weight excluding hydrogens is 308 g/mol. The summed E-state index contributed by atoms with van der Waals surface area (Å²) in [5, 5.41) is 9.52. The minimum atomic E-state index is 0.208. The monoisotopic (exact) mass is 322 g/mol. The third-order valence-corrected chi connectivity index (χ3v) is 3.46. The SMILES string of the molecule is COc1ccc(Br)c(COc2cc(C)cc(O)c2)c1. The van der Waals surface area contributed by atoms with Gasteiger partial charge < -0.3 is 14.6 Å². The molecule has 0 fully saturated rings. The van der Waals surface area contributed by atoms with Gasteiger partial charge in [0.15, 0.2) is 0 Å². The van der Waals surface area contributed by atoms with Crippen LogP contribution in [0.1, 0.15) is 11.1 Å². The summed E-state index contributed by atoms with van der Waals surface area (Å²) in [5.41, 5.74) is 1.94. The van der Waals surface area contributed by atoms with Gasteiger partial charge in [0.2, 0.25) is 0 Å². The zero-order valence-corrected chi connectivity index (χ0v) is 12.4. The van der Waals surface area contributed by atoms with E-state index in [0.717, 1.165) is 21.3 Å². The van der Waals surface area contributed by atoms with Crippen LogP contribution < -0.4 is 9.47 Å². The van der Waals surface area contributed by atoms with Crippen molar-refractivity contribution in [2.45, 2.75) is 13.5 Å². The number of halogens is 1. The Hall–Kier alpha value is -1.68. The maximum Gasteiger partial charge on any atom is 0.123 e. The highest BCUT2D eigenvalue weighted by atomic mass is 79.9. The van der Waals surface area contributed by atoms with Gasteiger partial charge in [-0.2, -0.15) is 0 Å². The van der Waals surface area contributed by atoms with E-state index in [1.165, 1.54) is 0 Å². The first-order chi connectivity index (χ1) is 9.08. The van der Waals surface area contributed by atoms with Crippen molar-refractivity contribution < 1.29 is 14.6 Å². The van der Waals surface area contributed by atoms with Crippen molar-refractivity contribution in [1.82, 2.24) is 0 Å². The Morgan fingerprint density at radius 3 is 2.58 bits per heavy atom. The van der Waals surface area contributed by atoms with Gasteiger partial charge in [-0.05, 0) is 42.8 Å². The minimum Gasteiger partial charge on any atom is -0.508 e. The molecule has 0 aromatic heterocycles. The first-order valence-electron chi connectivity index (χ1n) is 5.84. The van der Waals surface area contributed by atoms with Gasteiger partial charge >= 0.3 is 0 Å². The third-order valence-electron chi connectivity index (χ3n) is 2.68. The minimum absolute atomic E-state index is 0.208. The summed E-state index contributed by atoms with van der Waals surface area (Å²) < 4.78 is 11.8. The van der Waals surface area contributed by atoms with Crippen molar-refractivity contribution in [3.8, 4) is 17.2 Å². The van der Waals surface area contributed by atoms with Crippen molar-refractivity contribution in [3.63, 3.8) is 0 Å². The van der Waals surface area contributed by atoms with Gasteiger partial charge in [0.25, 0.3) is 0 Å². The van der Waals surface area contributed by atoms with Crippen LogP contribution >= 0.6 is 15.9 Å². The molecule has 1 N–H and O–H groups in total. The zero-order chi connectivity index (χ0) is 13.8. The fourth-order valence-corrected chi connectivity index (χ4v) is 2.12. The van der Waals surface area contributed by atoms with Crippen LogP contribution in [0.4, 0.5) is 0 Å². The Labute approximate surface area is 120 Å². The second-order valence-corrected chi connectivity index (χ2v) is 5.10. The lowest BCUT2D eigenvalue weighted by Gasteiger charge is -2.10. The number of benzene rings is 2. The lowest BCUT2D eigenvalue weighted by Crippen LogP contribution is -1.97. The third kappa shape index (κ3) is 3.64. The summed E-state index contributed by atoms with van der Waals surface area (Å²) in [6.45, 7) is 2.31. The smallest absolute Gasteiger partial charge is 0.123 e. The predicted molar refractivity (Wildman–Crippen MR) is 77.9 cm³/mol. The van der Waals surface area contributed by atoms with Crippen molar-refractivity contribution in [3.05, 3.63) is 52.0 Å². The van der Waals surface area contributed by atoms with Crippen LogP contribution in [0.3, 0.4) is 0 Å². The van der Waals surface area contributed by atoms with E-state index in [9.17, 15) is 5.11 Å².